The van der Waals surface area contributed by atoms with Gasteiger partial charge in [-0.25, -0.2) is 18.7 Å². The molecule has 5 heterocycles. The summed E-state index contributed by atoms with van der Waals surface area (Å²) in [5.41, 5.74) is 1.63. The molecule has 15 heteroatoms. The standard InChI is InChI=1S/C28H28ClF5N8O/c1-14-20(28(32,33)34)23(38-25(36)37-14)19-18(29)9-17-22(21(19)31)39-26(40-24(17)41-7-3-15(11-35)4-8-41)43-13-27-5-2-6-42(27)12-16(30)10-27/h9,15-16H,2-8,10,12-13H2,1H3,(H2,36,37,38)/t16-,27+/m1/s1. The number of benzene rings is 1. The number of aryl methyl sites for hydroxylation is 1. The number of rotatable bonds is 5. The highest BCUT2D eigenvalue weighted by molar-refractivity contribution is 6.34. The molecule has 0 radical (unpaired) electrons. The maximum atomic E-state index is 16.5. The topological polar surface area (TPSA) is 117 Å². The van der Waals surface area contributed by atoms with Crippen LogP contribution in [-0.2, 0) is 6.18 Å². The molecule has 0 amide bonds. The van der Waals surface area contributed by atoms with E-state index in [1.54, 1.807) is 0 Å². The van der Waals surface area contributed by atoms with Crippen molar-refractivity contribution in [3.63, 3.8) is 0 Å². The molecule has 0 bridgehead atoms. The van der Waals surface area contributed by atoms with E-state index in [9.17, 15) is 22.8 Å². The van der Waals surface area contributed by atoms with Crippen molar-refractivity contribution < 1.29 is 26.7 Å². The molecule has 2 N–H and O–H groups in total. The molecule has 3 aliphatic heterocycles. The maximum absolute atomic E-state index is 16.5. The van der Waals surface area contributed by atoms with E-state index in [0.29, 0.717) is 32.5 Å². The van der Waals surface area contributed by atoms with Crippen LogP contribution in [-0.4, -0.2) is 69.3 Å². The third-order valence-corrected chi connectivity index (χ3v) is 8.98. The Balaban J connectivity index is 1.49. The largest absolute Gasteiger partial charge is 0.461 e. The van der Waals surface area contributed by atoms with Crippen LogP contribution in [0.5, 0.6) is 6.01 Å². The summed E-state index contributed by atoms with van der Waals surface area (Å²) >= 11 is 6.49. The fourth-order valence-corrected chi connectivity index (χ4v) is 6.95. The lowest BCUT2D eigenvalue weighted by atomic mass is 9.95. The van der Waals surface area contributed by atoms with Crippen molar-refractivity contribution in [2.45, 2.75) is 56.9 Å². The predicted octanol–water partition coefficient (Wildman–Crippen LogP) is 5.48. The number of nitrogens with two attached hydrogens (primary N) is 1. The van der Waals surface area contributed by atoms with Gasteiger partial charge in [0.05, 0.1) is 33.6 Å². The van der Waals surface area contributed by atoms with Gasteiger partial charge >= 0.3 is 12.2 Å². The van der Waals surface area contributed by atoms with Gasteiger partial charge in [-0.05, 0) is 45.2 Å². The van der Waals surface area contributed by atoms with Crippen LogP contribution in [0, 0.1) is 30.0 Å². The second kappa shape index (κ2) is 10.9. The van der Waals surface area contributed by atoms with Crippen molar-refractivity contribution in [2.75, 3.05) is 43.4 Å². The second-order valence-corrected chi connectivity index (χ2v) is 11.8. The first-order valence-electron chi connectivity index (χ1n) is 14.0. The van der Waals surface area contributed by atoms with Crippen LogP contribution >= 0.6 is 11.6 Å². The van der Waals surface area contributed by atoms with Gasteiger partial charge in [0.25, 0.3) is 0 Å². The smallest absolute Gasteiger partial charge is 0.420 e. The number of ether oxygens (including phenoxy) is 1. The van der Waals surface area contributed by atoms with Crippen LogP contribution in [0.3, 0.4) is 0 Å². The quantitative estimate of drug-likeness (QED) is 0.369. The average Bonchev–Trinajstić information content (AvgIpc) is 3.46. The monoisotopic (exact) mass is 622 g/mol. The van der Waals surface area contributed by atoms with E-state index in [-0.39, 0.29) is 46.7 Å². The minimum atomic E-state index is -4.93. The molecule has 0 saturated carbocycles. The number of nitriles is 1. The van der Waals surface area contributed by atoms with Gasteiger partial charge in [-0.3, -0.25) is 4.90 Å². The van der Waals surface area contributed by atoms with Crippen molar-refractivity contribution in [3.8, 4) is 23.3 Å². The van der Waals surface area contributed by atoms with Crippen LogP contribution < -0.4 is 15.4 Å². The number of hydrogen-bond donors (Lipinski definition) is 1. The molecule has 2 atom stereocenters. The van der Waals surface area contributed by atoms with E-state index < -0.39 is 52.2 Å². The first-order chi connectivity index (χ1) is 20.4. The van der Waals surface area contributed by atoms with Gasteiger partial charge in [-0.15, -0.1) is 0 Å². The fourth-order valence-electron chi connectivity index (χ4n) is 6.67. The van der Waals surface area contributed by atoms with Gasteiger partial charge in [0.2, 0.25) is 5.95 Å². The Labute approximate surface area is 248 Å². The molecule has 2 aromatic heterocycles. The average molecular weight is 623 g/mol. The zero-order chi connectivity index (χ0) is 30.7. The predicted molar refractivity (Wildman–Crippen MR) is 149 cm³/mol. The van der Waals surface area contributed by atoms with Gasteiger partial charge in [-0.1, -0.05) is 11.6 Å². The summed E-state index contributed by atoms with van der Waals surface area (Å²) in [6.07, 6.45) is -2.96. The van der Waals surface area contributed by atoms with Gasteiger partial charge < -0.3 is 15.4 Å². The third-order valence-electron chi connectivity index (χ3n) is 8.68. The number of fused-ring (bicyclic) bond motifs is 2. The number of piperidine rings is 1. The highest BCUT2D eigenvalue weighted by Gasteiger charge is 2.49. The molecule has 3 saturated heterocycles. The van der Waals surface area contributed by atoms with Crippen LogP contribution in [0.15, 0.2) is 6.07 Å². The normalized spacial score (nSPS) is 23.1. The number of nitrogens with zero attached hydrogens (tertiary/aromatic N) is 7. The van der Waals surface area contributed by atoms with Crippen LogP contribution in [0.4, 0.5) is 33.7 Å². The van der Waals surface area contributed by atoms with Crippen LogP contribution in [0.25, 0.3) is 22.2 Å². The number of anilines is 2. The first kappa shape index (κ1) is 29.5. The minimum Gasteiger partial charge on any atom is -0.461 e. The van der Waals surface area contributed by atoms with Gasteiger partial charge in [0.1, 0.15) is 29.7 Å². The molecule has 3 aromatic rings. The molecule has 0 spiro atoms. The Morgan fingerprint density at radius 2 is 1.93 bits per heavy atom. The summed E-state index contributed by atoms with van der Waals surface area (Å²) in [5, 5.41) is 9.16. The first-order valence-corrected chi connectivity index (χ1v) is 14.4. The molecule has 9 nitrogen and oxygen atoms in total. The Hall–Kier alpha value is -3.57. The van der Waals surface area contributed by atoms with Crippen molar-refractivity contribution in [1.82, 2.24) is 24.8 Å². The lowest BCUT2D eigenvalue weighted by molar-refractivity contribution is -0.138. The number of alkyl halides is 4. The molecule has 0 aliphatic carbocycles. The van der Waals surface area contributed by atoms with Crippen molar-refractivity contribution in [3.05, 3.63) is 28.2 Å². The molecule has 228 valence electrons. The highest BCUT2D eigenvalue weighted by Crippen LogP contribution is 2.45. The number of aromatic nitrogens is 4. The molecule has 43 heavy (non-hydrogen) atoms. The van der Waals surface area contributed by atoms with Gasteiger partial charge in [0, 0.05) is 37.4 Å². The molecule has 3 fully saturated rings. The SMILES string of the molecule is Cc1nc(N)nc(-c2c(Cl)cc3c(N4CCC(C#N)CC4)nc(OC[C@@]45CCCN4C[C@H](F)C5)nc3c2F)c1C(F)(F)F. The maximum Gasteiger partial charge on any atom is 0.420 e. The van der Waals surface area contributed by atoms with E-state index in [0.717, 1.165) is 26.3 Å². The lowest BCUT2D eigenvalue weighted by Crippen LogP contribution is -2.43. The van der Waals surface area contributed by atoms with Crippen LogP contribution in [0.1, 0.15) is 43.4 Å². The minimum absolute atomic E-state index is 0.0663. The van der Waals surface area contributed by atoms with E-state index in [1.165, 1.54) is 6.07 Å². The summed E-state index contributed by atoms with van der Waals surface area (Å²) in [7, 11) is 0. The van der Waals surface area contributed by atoms with Crippen LogP contribution in [0.2, 0.25) is 5.02 Å². The number of halogens is 6. The lowest BCUT2D eigenvalue weighted by Gasteiger charge is -2.32. The highest BCUT2D eigenvalue weighted by atomic mass is 35.5. The van der Waals surface area contributed by atoms with Gasteiger partial charge in [0.15, 0.2) is 5.82 Å². The fraction of sp³-hybridized carbons (Fsp3) is 0.536. The molecule has 3 aliphatic rings. The Kier molecular flexibility index (Phi) is 7.45. The zero-order valence-corrected chi connectivity index (χ0v) is 23.9. The van der Waals surface area contributed by atoms with E-state index in [2.05, 4.69) is 26.0 Å². The Morgan fingerprint density at radius 1 is 1.19 bits per heavy atom. The van der Waals surface area contributed by atoms with Gasteiger partial charge in [-0.2, -0.15) is 28.4 Å². The number of nitrogen functional groups attached to an aromatic ring is 1. The van der Waals surface area contributed by atoms with E-state index in [1.807, 2.05) is 9.80 Å². The van der Waals surface area contributed by atoms with E-state index >= 15 is 4.39 Å². The zero-order valence-electron chi connectivity index (χ0n) is 23.2. The van der Waals surface area contributed by atoms with E-state index in [4.69, 9.17) is 22.1 Å². The summed E-state index contributed by atoms with van der Waals surface area (Å²) in [6, 6.07) is 3.36. The van der Waals surface area contributed by atoms with Crippen molar-refractivity contribution in [1.29, 1.82) is 5.26 Å². The van der Waals surface area contributed by atoms with Crippen molar-refractivity contribution >= 4 is 34.3 Å². The summed E-state index contributed by atoms with van der Waals surface area (Å²) in [5.74, 6) is -1.51. The molecule has 6 rings (SSSR count). The molecule has 1 aromatic carbocycles. The number of hydrogen-bond acceptors (Lipinski definition) is 9. The molecular formula is C28H28ClF5N8O. The Bertz CT molecular complexity index is 1620. The summed E-state index contributed by atoms with van der Waals surface area (Å²) < 4.78 is 79.2. The Morgan fingerprint density at radius 3 is 2.63 bits per heavy atom. The third kappa shape index (κ3) is 5.26. The second-order valence-electron chi connectivity index (χ2n) is 11.4. The molecule has 0 unspecified atom stereocenters. The molecular weight excluding hydrogens is 595 g/mol. The summed E-state index contributed by atoms with van der Waals surface area (Å²) in [6.45, 7) is 3.06. The van der Waals surface area contributed by atoms with Crippen molar-refractivity contribution in [2.24, 2.45) is 5.92 Å². The summed E-state index contributed by atoms with van der Waals surface area (Å²) in [4.78, 5) is 20.1.